The van der Waals surface area contributed by atoms with Crippen LogP contribution in [0.4, 0.5) is 0 Å². The highest BCUT2D eigenvalue weighted by Crippen LogP contribution is 2.22. The highest BCUT2D eigenvalue weighted by Gasteiger charge is 2.32. The average molecular weight is 524 g/mol. The standard InChI is InChI=1S/C22H32N6O.HI/c1-16-11-17(2)28(26-16)21-9-5-4-7-18(21)12-24-22(23-3)25-13-20-14-27-10-6-8-19(27)15-29-20;/h4-5,7,9,11,19-20H,6,8,10,12-15H2,1-3H3,(H2,23,24,25);1H. The molecule has 2 fully saturated rings. The lowest BCUT2D eigenvalue weighted by Gasteiger charge is -2.35. The van der Waals surface area contributed by atoms with Crippen molar-refractivity contribution >= 4 is 29.9 Å². The Hall–Kier alpha value is -1.65. The minimum absolute atomic E-state index is 0. The summed E-state index contributed by atoms with van der Waals surface area (Å²) in [6, 6.07) is 11.1. The van der Waals surface area contributed by atoms with Crippen LogP contribution in [0.1, 0.15) is 29.8 Å². The van der Waals surface area contributed by atoms with Gasteiger partial charge in [-0.15, -0.1) is 24.0 Å². The monoisotopic (exact) mass is 524 g/mol. The number of para-hydroxylation sites is 1. The maximum absolute atomic E-state index is 6.04. The van der Waals surface area contributed by atoms with E-state index in [-0.39, 0.29) is 30.1 Å². The van der Waals surface area contributed by atoms with Crippen molar-refractivity contribution in [3.05, 3.63) is 47.3 Å². The van der Waals surface area contributed by atoms with Gasteiger partial charge in [0.1, 0.15) is 0 Å². The van der Waals surface area contributed by atoms with E-state index in [9.17, 15) is 0 Å². The fourth-order valence-electron chi connectivity index (χ4n) is 4.36. The molecule has 2 saturated heterocycles. The Kier molecular flexibility index (Phi) is 8.13. The molecule has 30 heavy (non-hydrogen) atoms. The molecule has 0 spiro atoms. The Morgan fingerprint density at radius 2 is 2.10 bits per heavy atom. The molecule has 2 N–H and O–H groups in total. The molecule has 2 aromatic rings. The van der Waals surface area contributed by atoms with Crippen LogP contribution in [-0.2, 0) is 11.3 Å². The summed E-state index contributed by atoms with van der Waals surface area (Å²) in [6.07, 6.45) is 2.79. The molecule has 164 valence electrons. The summed E-state index contributed by atoms with van der Waals surface area (Å²) in [6.45, 7) is 8.62. The molecule has 4 rings (SSSR count). The number of ether oxygens (including phenoxy) is 1. The van der Waals surface area contributed by atoms with Gasteiger partial charge in [-0.2, -0.15) is 5.10 Å². The first kappa shape index (κ1) is 23.0. The summed E-state index contributed by atoms with van der Waals surface area (Å²) in [5, 5.41) is 11.5. The van der Waals surface area contributed by atoms with E-state index < -0.39 is 0 Å². The summed E-state index contributed by atoms with van der Waals surface area (Å²) in [5.74, 6) is 0.792. The van der Waals surface area contributed by atoms with E-state index in [1.54, 1.807) is 7.05 Å². The number of aliphatic imine (C=N–C) groups is 1. The van der Waals surface area contributed by atoms with Gasteiger partial charge >= 0.3 is 0 Å². The first-order chi connectivity index (χ1) is 14.1. The second-order valence-electron chi connectivity index (χ2n) is 8.02. The van der Waals surface area contributed by atoms with Crippen molar-refractivity contribution in [1.82, 2.24) is 25.3 Å². The first-order valence-corrected chi connectivity index (χ1v) is 10.6. The van der Waals surface area contributed by atoms with E-state index in [0.29, 0.717) is 12.6 Å². The molecule has 2 aliphatic rings. The average Bonchev–Trinajstić information content (AvgIpc) is 3.33. The number of morpholine rings is 1. The Morgan fingerprint density at radius 1 is 1.27 bits per heavy atom. The quantitative estimate of drug-likeness (QED) is 0.358. The lowest BCUT2D eigenvalue weighted by atomic mass is 10.1. The zero-order valence-corrected chi connectivity index (χ0v) is 20.4. The van der Waals surface area contributed by atoms with Crippen LogP contribution in [0.3, 0.4) is 0 Å². The summed E-state index contributed by atoms with van der Waals surface area (Å²) < 4.78 is 8.05. The van der Waals surface area contributed by atoms with Crippen LogP contribution in [0.2, 0.25) is 0 Å². The minimum Gasteiger partial charge on any atom is -0.373 e. The molecule has 1 aromatic heterocycles. The lowest BCUT2D eigenvalue weighted by Crippen LogP contribution is -2.51. The van der Waals surface area contributed by atoms with E-state index in [4.69, 9.17) is 4.74 Å². The molecule has 3 heterocycles. The third-order valence-corrected chi connectivity index (χ3v) is 5.86. The van der Waals surface area contributed by atoms with Gasteiger partial charge in [0.2, 0.25) is 0 Å². The molecular weight excluding hydrogens is 491 g/mol. The van der Waals surface area contributed by atoms with Crippen LogP contribution in [0.15, 0.2) is 35.3 Å². The highest BCUT2D eigenvalue weighted by atomic mass is 127. The summed E-state index contributed by atoms with van der Waals surface area (Å²) >= 11 is 0. The first-order valence-electron chi connectivity index (χ1n) is 10.6. The second-order valence-corrected chi connectivity index (χ2v) is 8.02. The SMILES string of the molecule is CN=C(NCc1ccccc1-n1nc(C)cc1C)NCC1CN2CCCC2CO1.I. The Balaban J connectivity index is 0.00000256. The van der Waals surface area contributed by atoms with E-state index >= 15 is 0 Å². The fraction of sp³-hybridized carbons (Fsp3) is 0.545. The van der Waals surface area contributed by atoms with E-state index in [2.05, 4.69) is 56.8 Å². The van der Waals surface area contributed by atoms with Crippen molar-refractivity contribution in [2.75, 3.05) is 33.3 Å². The van der Waals surface area contributed by atoms with Crippen molar-refractivity contribution in [1.29, 1.82) is 0 Å². The van der Waals surface area contributed by atoms with Crippen molar-refractivity contribution < 1.29 is 4.74 Å². The maximum atomic E-state index is 6.04. The predicted molar refractivity (Wildman–Crippen MR) is 131 cm³/mol. The van der Waals surface area contributed by atoms with Crippen LogP contribution < -0.4 is 10.6 Å². The molecule has 0 aliphatic carbocycles. The van der Waals surface area contributed by atoms with Crippen molar-refractivity contribution in [2.24, 2.45) is 4.99 Å². The number of guanidine groups is 1. The zero-order valence-electron chi connectivity index (χ0n) is 18.1. The molecule has 2 atom stereocenters. The van der Waals surface area contributed by atoms with Gasteiger partial charge in [-0.25, -0.2) is 4.68 Å². The number of hydrogen-bond donors (Lipinski definition) is 2. The Morgan fingerprint density at radius 3 is 2.87 bits per heavy atom. The van der Waals surface area contributed by atoms with Gasteiger partial charge in [-0.3, -0.25) is 9.89 Å². The van der Waals surface area contributed by atoms with Gasteiger partial charge < -0.3 is 15.4 Å². The van der Waals surface area contributed by atoms with Crippen molar-refractivity contribution in [3.63, 3.8) is 0 Å². The highest BCUT2D eigenvalue weighted by molar-refractivity contribution is 14.0. The molecule has 0 bridgehead atoms. The molecule has 7 nitrogen and oxygen atoms in total. The third-order valence-electron chi connectivity index (χ3n) is 5.86. The molecule has 8 heteroatoms. The van der Waals surface area contributed by atoms with E-state index in [1.165, 1.54) is 24.9 Å². The number of hydrogen-bond acceptors (Lipinski definition) is 4. The third kappa shape index (κ3) is 5.33. The lowest BCUT2D eigenvalue weighted by molar-refractivity contribution is -0.0453. The zero-order chi connectivity index (χ0) is 20.2. The number of benzene rings is 1. The Labute approximate surface area is 196 Å². The van der Waals surface area contributed by atoms with Crippen molar-refractivity contribution in [2.45, 2.75) is 45.4 Å². The number of fused-ring (bicyclic) bond motifs is 1. The Bertz CT molecular complexity index is 867. The normalized spacial score (nSPS) is 21.8. The molecular formula is C22H33IN6O. The van der Waals surface area contributed by atoms with Gasteiger partial charge in [0.15, 0.2) is 5.96 Å². The minimum atomic E-state index is 0. The largest absolute Gasteiger partial charge is 0.373 e. The van der Waals surface area contributed by atoms with Gasteiger partial charge in [-0.05, 0) is 50.9 Å². The van der Waals surface area contributed by atoms with Crippen LogP contribution in [0, 0.1) is 13.8 Å². The topological polar surface area (TPSA) is 66.7 Å². The van der Waals surface area contributed by atoms with Gasteiger partial charge in [-0.1, -0.05) is 18.2 Å². The van der Waals surface area contributed by atoms with Gasteiger partial charge in [0, 0.05) is 38.4 Å². The summed E-state index contributed by atoms with van der Waals surface area (Å²) in [4.78, 5) is 6.95. The second kappa shape index (κ2) is 10.6. The van der Waals surface area contributed by atoms with Crippen LogP contribution >= 0.6 is 24.0 Å². The number of aryl methyl sites for hydroxylation is 2. The number of halogens is 1. The van der Waals surface area contributed by atoms with E-state index in [1.807, 2.05) is 17.7 Å². The van der Waals surface area contributed by atoms with Crippen molar-refractivity contribution in [3.8, 4) is 5.69 Å². The smallest absolute Gasteiger partial charge is 0.191 e. The van der Waals surface area contributed by atoms with E-state index in [0.717, 1.165) is 42.7 Å². The summed E-state index contributed by atoms with van der Waals surface area (Å²) in [5.41, 5.74) is 4.43. The summed E-state index contributed by atoms with van der Waals surface area (Å²) in [7, 11) is 1.81. The van der Waals surface area contributed by atoms with Crippen LogP contribution in [-0.4, -0.2) is 66.1 Å². The van der Waals surface area contributed by atoms with Gasteiger partial charge in [0.25, 0.3) is 0 Å². The number of aromatic nitrogens is 2. The molecule has 2 unspecified atom stereocenters. The number of rotatable bonds is 5. The fourth-order valence-corrected chi connectivity index (χ4v) is 4.36. The number of nitrogens with one attached hydrogen (secondary N) is 2. The van der Waals surface area contributed by atoms with Crippen LogP contribution in [0.5, 0.6) is 0 Å². The molecule has 0 saturated carbocycles. The molecule has 0 radical (unpaired) electrons. The van der Waals surface area contributed by atoms with Crippen LogP contribution in [0.25, 0.3) is 5.69 Å². The molecule has 1 aromatic carbocycles. The molecule has 2 aliphatic heterocycles. The number of nitrogens with zero attached hydrogens (tertiary/aromatic N) is 4. The maximum Gasteiger partial charge on any atom is 0.191 e. The molecule has 0 amide bonds. The predicted octanol–water partition coefficient (Wildman–Crippen LogP) is 2.64. The van der Waals surface area contributed by atoms with Gasteiger partial charge in [0.05, 0.1) is 24.1 Å².